The molecule has 0 aliphatic carbocycles. The number of rotatable bonds is 10. The third kappa shape index (κ3) is 5.24. The highest BCUT2D eigenvalue weighted by molar-refractivity contribution is 5.84. The van der Waals surface area contributed by atoms with Gasteiger partial charge in [0.05, 0.1) is 26.0 Å². The van der Waals surface area contributed by atoms with Gasteiger partial charge in [-0.25, -0.2) is 4.79 Å². The molecule has 0 amide bonds. The van der Waals surface area contributed by atoms with E-state index in [4.69, 9.17) is 14.6 Å². The Kier molecular flexibility index (Phi) is 7.13. The maximum absolute atomic E-state index is 10.7. The first-order valence-electron chi connectivity index (χ1n) is 6.43. The van der Waals surface area contributed by atoms with E-state index in [1.807, 2.05) is 0 Å². The highest BCUT2D eigenvalue weighted by Crippen LogP contribution is 2.01. The minimum absolute atomic E-state index is 0.0432. The van der Waals surface area contributed by atoms with E-state index in [1.165, 1.54) is 10.9 Å². The lowest BCUT2D eigenvalue weighted by Gasteiger charge is -2.28. The van der Waals surface area contributed by atoms with E-state index < -0.39 is 5.97 Å². The summed E-state index contributed by atoms with van der Waals surface area (Å²) < 4.78 is 11.8. The highest BCUT2D eigenvalue weighted by atomic mass is 16.5. The standard InChI is InChI=1S/C12H22N4O4/c1-10(9-20-3)15(6-7-19-2)4-5-16-8-11(12(17)18)13-14-16/h8,10H,4-7,9H2,1-3H3,(H,17,18). The van der Waals surface area contributed by atoms with Crippen LogP contribution in [-0.4, -0.2) is 77.5 Å². The van der Waals surface area contributed by atoms with Gasteiger partial charge in [-0.15, -0.1) is 5.10 Å². The van der Waals surface area contributed by atoms with Crippen molar-refractivity contribution in [3.8, 4) is 0 Å². The van der Waals surface area contributed by atoms with Crippen LogP contribution in [0.4, 0.5) is 0 Å². The van der Waals surface area contributed by atoms with Crippen LogP contribution in [0.2, 0.25) is 0 Å². The number of hydrogen-bond donors (Lipinski definition) is 1. The Hall–Kier alpha value is -1.51. The summed E-state index contributed by atoms with van der Waals surface area (Å²) in [4.78, 5) is 12.9. The molecule has 8 heteroatoms. The summed E-state index contributed by atoms with van der Waals surface area (Å²) in [6.45, 7) is 5.40. The average molecular weight is 286 g/mol. The van der Waals surface area contributed by atoms with Gasteiger partial charge in [0.25, 0.3) is 0 Å². The Morgan fingerprint density at radius 3 is 2.75 bits per heavy atom. The van der Waals surface area contributed by atoms with Gasteiger partial charge >= 0.3 is 5.97 Å². The van der Waals surface area contributed by atoms with Crippen LogP contribution in [0.25, 0.3) is 0 Å². The first-order chi connectivity index (χ1) is 9.58. The van der Waals surface area contributed by atoms with Gasteiger partial charge in [0.1, 0.15) is 0 Å². The minimum atomic E-state index is -1.07. The molecule has 8 nitrogen and oxygen atoms in total. The maximum atomic E-state index is 10.7. The molecule has 0 radical (unpaired) electrons. The fourth-order valence-corrected chi connectivity index (χ4v) is 1.84. The Bertz CT molecular complexity index is 410. The van der Waals surface area contributed by atoms with Crippen molar-refractivity contribution in [3.05, 3.63) is 11.9 Å². The minimum Gasteiger partial charge on any atom is -0.476 e. The Balaban J connectivity index is 2.53. The van der Waals surface area contributed by atoms with Crippen molar-refractivity contribution in [2.75, 3.05) is 40.5 Å². The molecule has 0 aliphatic heterocycles. The maximum Gasteiger partial charge on any atom is 0.358 e. The molecule has 1 heterocycles. The lowest BCUT2D eigenvalue weighted by Crippen LogP contribution is -2.40. The molecule has 0 saturated carbocycles. The molecular weight excluding hydrogens is 264 g/mol. The molecule has 114 valence electrons. The van der Waals surface area contributed by atoms with E-state index in [0.29, 0.717) is 19.8 Å². The van der Waals surface area contributed by atoms with Crippen LogP contribution in [0.1, 0.15) is 17.4 Å². The number of nitrogens with zero attached hydrogens (tertiary/aromatic N) is 4. The van der Waals surface area contributed by atoms with E-state index in [1.54, 1.807) is 14.2 Å². The van der Waals surface area contributed by atoms with Crippen molar-refractivity contribution < 1.29 is 19.4 Å². The smallest absolute Gasteiger partial charge is 0.358 e. The average Bonchev–Trinajstić information content (AvgIpc) is 2.88. The number of carboxylic acids is 1. The highest BCUT2D eigenvalue weighted by Gasteiger charge is 2.14. The van der Waals surface area contributed by atoms with E-state index in [9.17, 15) is 4.79 Å². The summed E-state index contributed by atoms with van der Waals surface area (Å²) in [6.07, 6.45) is 1.43. The number of hydrogen-bond acceptors (Lipinski definition) is 6. The molecule has 20 heavy (non-hydrogen) atoms. The van der Waals surface area contributed by atoms with Gasteiger partial charge in [0, 0.05) is 33.4 Å². The van der Waals surface area contributed by atoms with Gasteiger partial charge in [0.2, 0.25) is 0 Å². The SMILES string of the molecule is COCCN(CCn1cc(C(=O)O)nn1)C(C)COC. The first-order valence-corrected chi connectivity index (χ1v) is 6.43. The summed E-state index contributed by atoms with van der Waals surface area (Å²) in [5.41, 5.74) is -0.0432. The number of carbonyl (C=O) groups is 1. The molecule has 0 spiro atoms. The number of aromatic nitrogens is 3. The molecule has 0 aliphatic rings. The number of aromatic carboxylic acids is 1. The first kappa shape index (κ1) is 16.5. The van der Waals surface area contributed by atoms with Crippen LogP contribution >= 0.6 is 0 Å². The largest absolute Gasteiger partial charge is 0.476 e. The normalized spacial score (nSPS) is 12.8. The van der Waals surface area contributed by atoms with Crippen LogP contribution in [0, 0.1) is 0 Å². The topological polar surface area (TPSA) is 89.7 Å². The van der Waals surface area contributed by atoms with Crippen molar-refractivity contribution in [1.82, 2.24) is 19.9 Å². The molecule has 0 aromatic carbocycles. The van der Waals surface area contributed by atoms with E-state index in [0.717, 1.165) is 13.1 Å². The number of ether oxygens (including phenoxy) is 2. The zero-order chi connectivity index (χ0) is 15.0. The third-order valence-electron chi connectivity index (χ3n) is 2.99. The van der Waals surface area contributed by atoms with Crippen LogP contribution in [0.15, 0.2) is 6.20 Å². The van der Waals surface area contributed by atoms with Gasteiger partial charge in [-0.2, -0.15) is 0 Å². The third-order valence-corrected chi connectivity index (χ3v) is 2.99. The van der Waals surface area contributed by atoms with Gasteiger partial charge in [-0.3, -0.25) is 9.58 Å². The summed E-state index contributed by atoms with van der Waals surface area (Å²) in [5, 5.41) is 16.2. The van der Waals surface area contributed by atoms with Gasteiger partial charge in [0.15, 0.2) is 5.69 Å². The van der Waals surface area contributed by atoms with Gasteiger partial charge in [-0.1, -0.05) is 5.21 Å². The Morgan fingerprint density at radius 2 is 2.20 bits per heavy atom. The van der Waals surface area contributed by atoms with Gasteiger partial charge in [-0.05, 0) is 6.92 Å². The zero-order valence-corrected chi connectivity index (χ0v) is 12.2. The fourth-order valence-electron chi connectivity index (χ4n) is 1.84. The Morgan fingerprint density at radius 1 is 1.45 bits per heavy atom. The molecule has 1 rings (SSSR count). The second-order valence-corrected chi connectivity index (χ2v) is 4.51. The number of carboxylic acid groups (broad SMARTS) is 1. The predicted octanol–water partition coefficient (Wildman–Crippen LogP) is -0.0404. The molecular formula is C12H22N4O4. The van der Waals surface area contributed by atoms with Crippen molar-refractivity contribution in [2.45, 2.75) is 19.5 Å². The van der Waals surface area contributed by atoms with Crippen molar-refractivity contribution in [3.63, 3.8) is 0 Å². The van der Waals surface area contributed by atoms with E-state index in [-0.39, 0.29) is 11.7 Å². The van der Waals surface area contributed by atoms with Gasteiger partial charge < -0.3 is 14.6 Å². The van der Waals surface area contributed by atoms with Crippen LogP contribution in [0.3, 0.4) is 0 Å². The fraction of sp³-hybridized carbons (Fsp3) is 0.750. The van der Waals surface area contributed by atoms with Crippen molar-refractivity contribution in [1.29, 1.82) is 0 Å². The predicted molar refractivity (Wildman–Crippen MR) is 71.8 cm³/mol. The summed E-state index contributed by atoms with van der Waals surface area (Å²) in [6, 6.07) is 0.248. The quantitative estimate of drug-likeness (QED) is 0.645. The van der Waals surface area contributed by atoms with Crippen molar-refractivity contribution in [2.24, 2.45) is 0 Å². The molecule has 1 aromatic heterocycles. The lowest BCUT2D eigenvalue weighted by molar-refractivity contribution is 0.0690. The van der Waals surface area contributed by atoms with Crippen LogP contribution in [0.5, 0.6) is 0 Å². The van der Waals surface area contributed by atoms with Crippen LogP contribution in [-0.2, 0) is 16.0 Å². The van der Waals surface area contributed by atoms with Crippen LogP contribution < -0.4 is 0 Å². The molecule has 1 N–H and O–H groups in total. The van der Waals surface area contributed by atoms with E-state index in [2.05, 4.69) is 22.1 Å². The Labute approximate surface area is 118 Å². The number of methoxy groups -OCH3 is 2. The van der Waals surface area contributed by atoms with Crippen molar-refractivity contribution >= 4 is 5.97 Å². The molecule has 1 unspecified atom stereocenters. The lowest BCUT2D eigenvalue weighted by atomic mass is 10.3. The molecule has 0 bridgehead atoms. The molecule has 0 fully saturated rings. The second-order valence-electron chi connectivity index (χ2n) is 4.51. The molecule has 0 saturated heterocycles. The summed E-state index contributed by atoms with van der Waals surface area (Å²) in [7, 11) is 3.33. The van der Waals surface area contributed by atoms with E-state index >= 15 is 0 Å². The monoisotopic (exact) mass is 286 g/mol. The molecule has 1 aromatic rings. The summed E-state index contributed by atoms with van der Waals surface area (Å²) in [5.74, 6) is -1.07. The zero-order valence-electron chi connectivity index (χ0n) is 12.2. The molecule has 1 atom stereocenters. The second kappa shape index (κ2) is 8.62. The summed E-state index contributed by atoms with van der Waals surface area (Å²) >= 11 is 0.